The minimum absolute atomic E-state index is 0.228. The van der Waals surface area contributed by atoms with Crippen molar-refractivity contribution in [3.8, 4) is 0 Å². The molecule has 1 N–H and O–H groups in total. The van der Waals surface area contributed by atoms with Crippen molar-refractivity contribution in [2.45, 2.75) is 20.4 Å². The molecule has 0 aliphatic heterocycles. The minimum Gasteiger partial charge on any atom is -0.465 e. The van der Waals surface area contributed by atoms with Gasteiger partial charge in [0.1, 0.15) is 10.6 Å². The topological polar surface area (TPSA) is 60.3 Å². The third kappa shape index (κ3) is 2.59. The number of anilines is 1. The zero-order chi connectivity index (χ0) is 17.3. The van der Waals surface area contributed by atoms with E-state index in [9.17, 15) is 9.59 Å². The first-order chi connectivity index (χ1) is 11.6. The Morgan fingerprint density at radius 3 is 2.71 bits per heavy atom. The molecule has 2 heterocycles. The number of methoxy groups -OCH3 is 1. The summed E-state index contributed by atoms with van der Waals surface area (Å²) in [6.45, 7) is 4.63. The maximum absolute atomic E-state index is 12.9. The summed E-state index contributed by atoms with van der Waals surface area (Å²) in [7, 11) is 1.33. The lowest BCUT2D eigenvalue weighted by atomic mass is 10.1. The standard InChI is InChI=1S/C18H18N2O3S/c1-4-20-14-8-6-5-7-12(14)11(2)15(20)17(21)19-13-9-10-24-16(13)18(22)23-3/h5-10H,4H2,1-3H3,(H,19,21). The van der Waals surface area contributed by atoms with Gasteiger partial charge in [0.25, 0.3) is 5.91 Å². The van der Waals surface area contributed by atoms with Gasteiger partial charge in [-0.15, -0.1) is 11.3 Å². The van der Waals surface area contributed by atoms with Crippen LogP contribution in [-0.4, -0.2) is 23.6 Å². The molecule has 5 nitrogen and oxygen atoms in total. The fourth-order valence-electron chi connectivity index (χ4n) is 2.94. The number of nitrogens with one attached hydrogen (secondary N) is 1. The SMILES string of the molecule is CCn1c(C(=O)Nc2ccsc2C(=O)OC)c(C)c2ccccc21. The summed E-state index contributed by atoms with van der Waals surface area (Å²) >= 11 is 1.24. The number of ether oxygens (including phenoxy) is 1. The molecular formula is C18H18N2O3S. The molecule has 1 amide bonds. The van der Waals surface area contributed by atoms with Crippen molar-refractivity contribution in [1.29, 1.82) is 0 Å². The van der Waals surface area contributed by atoms with Gasteiger partial charge in [0.15, 0.2) is 0 Å². The molecule has 0 aliphatic carbocycles. The predicted octanol–water partition coefficient (Wildman–Crippen LogP) is 4.07. The van der Waals surface area contributed by atoms with Crippen LogP contribution in [0.3, 0.4) is 0 Å². The maximum Gasteiger partial charge on any atom is 0.350 e. The van der Waals surface area contributed by atoms with E-state index in [1.165, 1.54) is 18.4 Å². The van der Waals surface area contributed by atoms with Crippen molar-refractivity contribution < 1.29 is 14.3 Å². The van der Waals surface area contributed by atoms with Gasteiger partial charge in [-0.05, 0) is 36.9 Å². The van der Waals surface area contributed by atoms with Crippen molar-refractivity contribution >= 4 is 39.8 Å². The van der Waals surface area contributed by atoms with Crippen molar-refractivity contribution in [2.24, 2.45) is 0 Å². The van der Waals surface area contributed by atoms with Crippen LogP contribution >= 0.6 is 11.3 Å². The number of aryl methyl sites for hydroxylation is 2. The monoisotopic (exact) mass is 342 g/mol. The molecule has 0 radical (unpaired) electrons. The summed E-state index contributed by atoms with van der Waals surface area (Å²) in [5, 5.41) is 5.66. The zero-order valence-electron chi connectivity index (χ0n) is 13.8. The molecule has 1 aromatic carbocycles. The first-order valence-electron chi connectivity index (χ1n) is 7.63. The summed E-state index contributed by atoms with van der Waals surface area (Å²) < 4.78 is 6.74. The van der Waals surface area contributed by atoms with Crippen molar-refractivity contribution in [2.75, 3.05) is 12.4 Å². The molecule has 0 spiro atoms. The number of fused-ring (bicyclic) bond motifs is 1. The fraction of sp³-hybridized carbons (Fsp3) is 0.222. The first kappa shape index (κ1) is 16.3. The Balaban J connectivity index is 2.03. The highest BCUT2D eigenvalue weighted by Gasteiger charge is 2.22. The minimum atomic E-state index is -0.451. The summed E-state index contributed by atoms with van der Waals surface area (Å²) in [5.41, 5.74) is 3.05. The molecule has 0 fully saturated rings. The van der Waals surface area contributed by atoms with Crippen LogP contribution in [0.5, 0.6) is 0 Å². The summed E-state index contributed by atoms with van der Waals surface area (Å²) in [6, 6.07) is 9.66. The van der Waals surface area contributed by atoms with Crippen LogP contribution in [0.4, 0.5) is 5.69 Å². The smallest absolute Gasteiger partial charge is 0.350 e. The molecule has 0 bridgehead atoms. The van der Waals surface area contributed by atoms with E-state index in [1.54, 1.807) is 11.4 Å². The van der Waals surface area contributed by atoms with Gasteiger partial charge in [-0.25, -0.2) is 4.79 Å². The number of amides is 1. The Morgan fingerprint density at radius 2 is 2.00 bits per heavy atom. The molecule has 3 rings (SSSR count). The van der Waals surface area contributed by atoms with E-state index in [4.69, 9.17) is 4.74 Å². The Kier molecular flexibility index (Phi) is 4.40. The number of aromatic nitrogens is 1. The van der Waals surface area contributed by atoms with E-state index >= 15 is 0 Å². The van der Waals surface area contributed by atoms with Crippen LogP contribution in [0.1, 0.15) is 32.6 Å². The van der Waals surface area contributed by atoms with Crippen LogP contribution in [0, 0.1) is 6.92 Å². The van der Waals surface area contributed by atoms with Crippen LogP contribution < -0.4 is 5.32 Å². The van der Waals surface area contributed by atoms with Gasteiger partial charge >= 0.3 is 5.97 Å². The highest BCUT2D eigenvalue weighted by Crippen LogP contribution is 2.28. The summed E-state index contributed by atoms with van der Waals surface area (Å²) in [4.78, 5) is 25.0. The quantitative estimate of drug-likeness (QED) is 0.727. The van der Waals surface area contributed by atoms with Crippen LogP contribution in [0.25, 0.3) is 10.9 Å². The number of nitrogens with zero attached hydrogens (tertiary/aromatic N) is 1. The van der Waals surface area contributed by atoms with Crippen molar-refractivity contribution in [3.05, 3.63) is 51.8 Å². The van der Waals surface area contributed by atoms with E-state index in [0.717, 1.165) is 16.5 Å². The van der Waals surface area contributed by atoms with Gasteiger partial charge in [0.05, 0.1) is 12.8 Å². The number of esters is 1. The van der Waals surface area contributed by atoms with Gasteiger partial charge in [0, 0.05) is 17.4 Å². The van der Waals surface area contributed by atoms with Crippen LogP contribution in [0.2, 0.25) is 0 Å². The average molecular weight is 342 g/mol. The van der Waals surface area contributed by atoms with E-state index in [1.807, 2.05) is 42.7 Å². The second-order valence-electron chi connectivity index (χ2n) is 5.34. The Hall–Kier alpha value is -2.60. The second kappa shape index (κ2) is 6.49. The molecule has 6 heteroatoms. The Labute approximate surface area is 143 Å². The number of thiophene rings is 1. The number of hydrogen-bond acceptors (Lipinski definition) is 4. The maximum atomic E-state index is 12.9. The molecular weight excluding hydrogens is 324 g/mol. The third-order valence-electron chi connectivity index (χ3n) is 4.04. The molecule has 0 unspecified atom stereocenters. The molecule has 2 aromatic heterocycles. The number of carbonyl (C=O) groups excluding carboxylic acids is 2. The Bertz CT molecular complexity index is 924. The van der Waals surface area contributed by atoms with Gasteiger partial charge in [-0.1, -0.05) is 18.2 Å². The van der Waals surface area contributed by atoms with Crippen molar-refractivity contribution in [3.63, 3.8) is 0 Å². The van der Waals surface area contributed by atoms with Gasteiger partial charge < -0.3 is 14.6 Å². The van der Waals surface area contributed by atoms with Gasteiger partial charge in [-0.2, -0.15) is 0 Å². The third-order valence-corrected chi connectivity index (χ3v) is 4.93. The highest BCUT2D eigenvalue weighted by atomic mass is 32.1. The number of para-hydroxylation sites is 1. The van der Waals surface area contributed by atoms with Gasteiger partial charge in [0.2, 0.25) is 0 Å². The lowest BCUT2D eigenvalue weighted by Crippen LogP contribution is -2.19. The highest BCUT2D eigenvalue weighted by molar-refractivity contribution is 7.12. The molecule has 124 valence electrons. The predicted molar refractivity (Wildman–Crippen MR) is 96.0 cm³/mol. The average Bonchev–Trinajstić information content (AvgIpc) is 3.16. The second-order valence-corrected chi connectivity index (χ2v) is 6.26. The van der Waals surface area contributed by atoms with E-state index in [0.29, 0.717) is 22.8 Å². The Morgan fingerprint density at radius 1 is 1.25 bits per heavy atom. The zero-order valence-corrected chi connectivity index (χ0v) is 14.6. The molecule has 3 aromatic rings. The molecule has 0 saturated carbocycles. The normalized spacial score (nSPS) is 10.8. The largest absolute Gasteiger partial charge is 0.465 e. The summed E-state index contributed by atoms with van der Waals surface area (Å²) in [6.07, 6.45) is 0. The van der Waals surface area contributed by atoms with Crippen LogP contribution in [-0.2, 0) is 11.3 Å². The van der Waals surface area contributed by atoms with E-state index < -0.39 is 5.97 Å². The lowest BCUT2D eigenvalue weighted by molar-refractivity contribution is 0.0607. The molecule has 0 atom stereocenters. The van der Waals surface area contributed by atoms with Crippen molar-refractivity contribution in [1.82, 2.24) is 4.57 Å². The van der Waals surface area contributed by atoms with Crippen LogP contribution in [0.15, 0.2) is 35.7 Å². The summed E-state index contributed by atoms with van der Waals surface area (Å²) in [5.74, 6) is -0.679. The molecule has 0 aliphatic rings. The number of hydrogen-bond donors (Lipinski definition) is 1. The number of carbonyl (C=O) groups is 2. The number of rotatable bonds is 4. The molecule has 0 saturated heterocycles. The van der Waals surface area contributed by atoms with E-state index in [-0.39, 0.29) is 5.91 Å². The van der Waals surface area contributed by atoms with Gasteiger partial charge in [-0.3, -0.25) is 4.79 Å². The lowest BCUT2D eigenvalue weighted by Gasteiger charge is -2.10. The van der Waals surface area contributed by atoms with E-state index in [2.05, 4.69) is 5.32 Å². The number of benzene rings is 1. The molecule has 24 heavy (non-hydrogen) atoms. The fourth-order valence-corrected chi connectivity index (χ4v) is 3.70. The first-order valence-corrected chi connectivity index (χ1v) is 8.51.